The van der Waals surface area contributed by atoms with Gasteiger partial charge in [0.1, 0.15) is 31.3 Å². The minimum absolute atomic E-state index is 0.0452. The van der Waals surface area contributed by atoms with Crippen molar-refractivity contribution in [3.05, 3.63) is 118 Å². The average Bonchev–Trinajstić information content (AvgIpc) is 4.01. The number of ether oxygens (including phenoxy) is 5. The van der Waals surface area contributed by atoms with Gasteiger partial charge in [-0.2, -0.15) is 0 Å². The maximum atomic E-state index is 15.1. The van der Waals surface area contributed by atoms with Crippen LogP contribution in [0.15, 0.2) is 96.2 Å². The number of unbranched alkanes of at least 4 members (excludes halogenated alkanes) is 2. The number of amides is 1. The highest BCUT2D eigenvalue weighted by molar-refractivity contribution is 6.03. The van der Waals surface area contributed by atoms with Crippen molar-refractivity contribution in [3.63, 3.8) is 0 Å². The predicted molar refractivity (Wildman–Crippen MR) is 239 cm³/mol. The number of fused-ring (bicyclic) bond motifs is 3. The smallest absolute Gasteiger partial charge is 0.269 e. The Labute approximate surface area is 373 Å². The minimum Gasteiger partial charge on any atom is -0.492 e. The third-order valence-electron chi connectivity index (χ3n) is 13.0. The Kier molecular flexibility index (Phi) is 14.3. The van der Waals surface area contributed by atoms with Crippen LogP contribution in [-0.4, -0.2) is 108 Å². The first kappa shape index (κ1) is 44.9. The molecule has 1 saturated carbocycles. The van der Waals surface area contributed by atoms with Crippen molar-refractivity contribution in [3.8, 4) is 23.0 Å². The normalized spacial score (nSPS) is 24.6. The molecule has 0 unspecified atom stereocenters. The fourth-order valence-electron chi connectivity index (χ4n) is 9.98. The molecule has 3 heterocycles. The Morgan fingerprint density at radius 2 is 1.78 bits per heavy atom. The maximum absolute atomic E-state index is 15.1. The van der Waals surface area contributed by atoms with Crippen LogP contribution in [0.1, 0.15) is 67.6 Å². The lowest BCUT2D eigenvalue weighted by molar-refractivity contribution is -0.384. The molecule has 5 aliphatic rings. The third kappa shape index (κ3) is 9.67. The minimum atomic E-state index is -1.48. The van der Waals surface area contributed by atoms with E-state index in [2.05, 4.69) is 23.6 Å². The number of rotatable bonds is 22. The topological polar surface area (TPSA) is 175 Å². The van der Waals surface area contributed by atoms with Gasteiger partial charge in [0.2, 0.25) is 18.5 Å². The highest BCUT2D eigenvalue weighted by Gasteiger charge is 2.65. The summed E-state index contributed by atoms with van der Waals surface area (Å²) in [7, 11) is 1.52. The number of carbonyl (C=O) groups excluding carboxylic acids is 1. The summed E-state index contributed by atoms with van der Waals surface area (Å²) >= 11 is 0. The molecule has 0 radical (unpaired) electrons. The molecule has 3 aromatic rings. The summed E-state index contributed by atoms with van der Waals surface area (Å²) in [6.45, 7) is 8.07. The fourth-order valence-corrected chi connectivity index (χ4v) is 9.98. The van der Waals surface area contributed by atoms with Crippen LogP contribution >= 0.6 is 0 Å². The Balaban J connectivity index is 1.29. The van der Waals surface area contributed by atoms with Crippen LogP contribution in [0.2, 0.25) is 0 Å². The second-order valence-electron chi connectivity index (χ2n) is 17.0. The molecular weight excluding hydrogens is 821 g/mol. The Morgan fingerprint density at radius 1 is 1.02 bits per heavy atom. The number of hydrogen-bond acceptors (Lipinski definition) is 13. The molecule has 8 rings (SSSR count). The lowest BCUT2D eigenvalue weighted by Gasteiger charge is -2.60. The van der Waals surface area contributed by atoms with Gasteiger partial charge in [0.25, 0.3) is 5.69 Å². The van der Waals surface area contributed by atoms with E-state index in [0.717, 1.165) is 67.8 Å². The van der Waals surface area contributed by atoms with Crippen LogP contribution in [0.25, 0.3) is 6.08 Å². The summed E-state index contributed by atoms with van der Waals surface area (Å²) in [5.74, 6) is 0.105. The third-order valence-corrected chi connectivity index (χ3v) is 13.0. The van der Waals surface area contributed by atoms with Gasteiger partial charge in [-0.1, -0.05) is 36.2 Å². The van der Waals surface area contributed by atoms with Crippen molar-refractivity contribution >= 4 is 23.4 Å². The van der Waals surface area contributed by atoms with E-state index in [9.17, 15) is 20.3 Å². The van der Waals surface area contributed by atoms with E-state index in [1.54, 1.807) is 29.2 Å². The monoisotopic (exact) mass is 878 g/mol. The first-order chi connectivity index (χ1) is 31.3. The molecule has 3 aromatic carbocycles. The van der Waals surface area contributed by atoms with Crippen molar-refractivity contribution in [2.75, 3.05) is 60.0 Å². The Morgan fingerprint density at radius 3 is 2.52 bits per heavy atom. The van der Waals surface area contributed by atoms with Crippen molar-refractivity contribution in [2.24, 2.45) is 22.9 Å². The van der Waals surface area contributed by atoms with E-state index >= 15 is 4.79 Å². The molecule has 64 heavy (non-hydrogen) atoms. The number of benzene rings is 3. The van der Waals surface area contributed by atoms with E-state index in [1.165, 1.54) is 25.3 Å². The number of allylic oxidation sites excluding steroid dienone is 1. The van der Waals surface area contributed by atoms with Gasteiger partial charge in [-0.25, -0.2) is 0 Å². The van der Waals surface area contributed by atoms with Crippen LogP contribution < -0.4 is 18.9 Å². The average molecular weight is 879 g/mol. The summed E-state index contributed by atoms with van der Waals surface area (Å²) < 4.78 is 32.3. The number of nitro groups is 1. The summed E-state index contributed by atoms with van der Waals surface area (Å²) in [6, 6.07) is 16.8. The molecule has 0 bridgehead atoms. The zero-order valence-electron chi connectivity index (χ0n) is 36.3. The Bertz CT molecular complexity index is 2240. The maximum Gasteiger partial charge on any atom is 0.269 e. The molecule has 2 aliphatic carbocycles. The van der Waals surface area contributed by atoms with E-state index in [4.69, 9.17) is 33.7 Å². The molecule has 1 saturated heterocycles. The molecule has 1 amide bonds. The molecule has 2 fully saturated rings. The lowest BCUT2D eigenvalue weighted by Crippen LogP contribution is -2.70. The van der Waals surface area contributed by atoms with E-state index in [-0.39, 0.29) is 68.9 Å². The van der Waals surface area contributed by atoms with Gasteiger partial charge in [0, 0.05) is 75.5 Å². The number of carbonyl (C=O) groups is 1. The van der Waals surface area contributed by atoms with E-state index in [0.29, 0.717) is 48.0 Å². The molecule has 15 heteroatoms. The molecule has 15 nitrogen and oxygen atoms in total. The van der Waals surface area contributed by atoms with Gasteiger partial charge in [-0.05, 0) is 103 Å². The van der Waals surface area contributed by atoms with Crippen LogP contribution in [0.4, 0.5) is 5.69 Å². The zero-order chi connectivity index (χ0) is 44.6. The second kappa shape index (κ2) is 20.4. The quantitative estimate of drug-likeness (QED) is 0.0264. The van der Waals surface area contributed by atoms with Crippen molar-refractivity contribution < 1.29 is 48.5 Å². The first-order valence-electron chi connectivity index (χ1n) is 22.3. The standard InChI is InChI=1S/C49H58N4O11/c1-3-25-63-49-45(52(31-34-12-17-43-44(27-34)62-32-61-43)46(56)19-13-33-10-14-36(15-11-33)53(57)58)30-41(50-59-2)39-28-35(8-4-6-23-54)38(9-5-7-24-55)47(48(39)49)40-29-37(16-18-42(40)64-49)60-26-22-51-20-21-51/h3,10-19,27-29,35,38,45,47-48,54-55H,1,4-9,20-26,30-32H2,2H3/t35-,38+,45-,47+,48+,49+/m0/s1. The van der Waals surface area contributed by atoms with E-state index in [1.807, 2.05) is 30.3 Å². The number of nitrogens with zero attached hydrogens (tertiary/aromatic N) is 4. The molecular formula is C49H58N4O11. The van der Waals surface area contributed by atoms with Gasteiger partial charge in [-0.3, -0.25) is 19.8 Å². The number of non-ortho nitro benzene ring substituents is 1. The molecule has 6 atom stereocenters. The number of oxime groups is 1. The van der Waals surface area contributed by atoms with Crippen molar-refractivity contribution in [2.45, 2.75) is 69.2 Å². The van der Waals surface area contributed by atoms with Crippen molar-refractivity contribution in [1.82, 2.24) is 9.80 Å². The van der Waals surface area contributed by atoms with Crippen molar-refractivity contribution in [1.29, 1.82) is 0 Å². The number of hydrogen-bond donors (Lipinski definition) is 2. The SMILES string of the molecule is C=CCO[C@@]12Oc3ccc(OCCN4CC4)cc3[C@H]3[C@H](CCCCO)[C@@H](CCCCO)C=C(C(=NOC)C[C@@H]1N(Cc1ccc4c(c1)OCO4)C(=O)C=Cc1ccc([N+](=O)[O-])cc1)[C@H]32. The van der Waals surface area contributed by atoms with Gasteiger partial charge in [-0.15, -0.1) is 6.58 Å². The number of aliphatic hydroxyl groups is 2. The highest BCUT2D eigenvalue weighted by Crippen LogP contribution is 2.62. The molecule has 340 valence electrons. The van der Waals surface area contributed by atoms with Crippen LogP contribution in [-0.2, 0) is 20.9 Å². The van der Waals surface area contributed by atoms with Gasteiger partial charge in [0.15, 0.2) is 11.5 Å². The molecule has 0 spiro atoms. The number of nitro benzene ring substituents is 1. The van der Waals surface area contributed by atoms with Gasteiger partial charge < -0.3 is 43.6 Å². The second-order valence-corrected chi connectivity index (χ2v) is 17.0. The number of aliphatic hydroxyl groups excluding tert-OH is 2. The molecule has 2 N–H and O–H groups in total. The summed E-state index contributed by atoms with van der Waals surface area (Å²) in [6.07, 6.45) is 11.9. The van der Waals surface area contributed by atoms with E-state index < -0.39 is 22.7 Å². The summed E-state index contributed by atoms with van der Waals surface area (Å²) in [5.41, 5.74) is 3.90. The van der Waals surface area contributed by atoms with Crippen LogP contribution in [0.5, 0.6) is 23.0 Å². The largest absolute Gasteiger partial charge is 0.492 e. The predicted octanol–water partition coefficient (Wildman–Crippen LogP) is 7.02. The van der Waals surface area contributed by atoms with Gasteiger partial charge >= 0.3 is 0 Å². The fraction of sp³-hybridized carbons (Fsp3) is 0.469. The molecule has 3 aliphatic heterocycles. The zero-order valence-corrected chi connectivity index (χ0v) is 36.3. The van der Waals surface area contributed by atoms with Gasteiger partial charge in [0.05, 0.1) is 23.2 Å². The summed E-state index contributed by atoms with van der Waals surface area (Å²) in [4.78, 5) is 35.7. The van der Waals surface area contributed by atoms with Crippen LogP contribution in [0, 0.1) is 27.9 Å². The Hall–Kier alpha value is -5.74. The lowest BCUT2D eigenvalue weighted by atomic mass is 9.55. The highest BCUT2D eigenvalue weighted by atomic mass is 16.7. The first-order valence-corrected chi connectivity index (χ1v) is 22.3. The summed E-state index contributed by atoms with van der Waals surface area (Å²) in [5, 5.41) is 36.0. The van der Waals surface area contributed by atoms with Crippen LogP contribution in [0.3, 0.4) is 0 Å². The molecule has 0 aromatic heterocycles.